The summed E-state index contributed by atoms with van der Waals surface area (Å²) in [6.45, 7) is 0.585. The monoisotopic (exact) mass is 329 g/mol. The van der Waals surface area contributed by atoms with E-state index >= 15 is 0 Å². The Morgan fingerprint density at radius 2 is 2.14 bits per heavy atom. The third kappa shape index (κ3) is 4.36. The van der Waals surface area contributed by atoms with Crippen molar-refractivity contribution in [2.75, 3.05) is 30.8 Å². The number of nitrogen functional groups attached to an aromatic ring is 1. The number of benzene rings is 1. The number of hydrogen-bond acceptors (Lipinski definition) is 5. The molecule has 0 aromatic heterocycles. The minimum Gasteiger partial charge on any atom is -0.398 e. The average Bonchev–Trinajstić information content (AvgIpc) is 2.72. The number of rotatable bonds is 6. The number of likely N-dealkylation sites (N-methyl/N-ethyl adjacent to an activating group) is 1. The van der Waals surface area contributed by atoms with Gasteiger partial charge in [0.2, 0.25) is 15.9 Å². The quantitative estimate of drug-likeness (QED) is 0.586. The maximum atomic E-state index is 12.0. The summed E-state index contributed by atoms with van der Waals surface area (Å²) >= 11 is 1.39. The van der Waals surface area contributed by atoms with E-state index in [1.807, 2.05) is 18.2 Å². The van der Waals surface area contributed by atoms with E-state index in [4.69, 9.17) is 5.73 Å². The molecule has 1 aliphatic heterocycles. The van der Waals surface area contributed by atoms with Crippen molar-refractivity contribution in [2.45, 2.75) is 17.4 Å². The first-order chi connectivity index (χ1) is 9.89. The summed E-state index contributed by atoms with van der Waals surface area (Å²) in [5.74, 6) is 0.179. The number of likely N-dealkylation sites (tertiary alicyclic amines) is 1. The standard InChI is InChI=1S/C13H19N3O3S2/c1-16-7-6-11(13(16)17)15-21(18,19)9-8-20-12-5-3-2-4-10(12)14/h2-5,11,15H,6-9,14H2,1H3. The number of anilines is 1. The summed E-state index contributed by atoms with van der Waals surface area (Å²) in [6, 6.07) is 6.71. The van der Waals surface area contributed by atoms with Crippen molar-refractivity contribution in [3.8, 4) is 0 Å². The number of carbonyl (C=O) groups excluding carboxylic acids is 1. The number of nitrogens with zero attached hydrogens (tertiary/aromatic N) is 1. The van der Waals surface area contributed by atoms with Crippen molar-refractivity contribution in [1.82, 2.24) is 9.62 Å². The van der Waals surface area contributed by atoms with Gasteiger partial charge in [0.25, 0.3) is 0 Å². The van der Waals surface area contributed by atoms with Crippen LogP contribution in [0.1, 0.15) is 6.42 Å². The highest BCUT2D eigenvalue weighted by atomic mass is 32.2. The molecule has 0 radical (unpaired) electrons. The van der Waals surface area contributed by atoms with Crippen molar-refractivity contribution in [2.24, 2.45) is 0 Å². The van der Waals surface area contributed by atoms with Gasteiger partial charge in [-0.3, -0.25) is 4.79 Å². The van der Waals surface area contributed by atoms with E-state index in [0.29, 0.717) is 24.4 Å². The van der Waals surface area contributed by atoms with Gasteiger partial charge in [-0.15, -0.1) is 11.8 Å². The van der Waals surface area contributed by atoms with Gasteiger partial charge in [0, 0.05) is 29.9 Å². The molecule has 1 aromatic carbocycles. The number of carbonyl (C=O) groups is 1. The second kappa shape index (κ2) is 6.67. The predicted octanol–water partition coefficient (Wildman–Crippen LogP) is 0.511. The van der Waals surface area contributed by atoms with Crippen molar-refractivity contribution in [3.63, 3.8) is 0 Å². The summed E-state index contributed by atoms with van der Waals surface area (Å²) in [6.07, 6.45) is 0.521. The molecule has 1 amide bonds. The Morgan fingerprint density at radius 3 is 2.76 bits per heavy atom. The molecule has 3 N–H and O–H groups in total. The highest BCUT2D eigenvalue weighted by Crippen LogP contribution is 2.24. The Morgan fingerprint density at radius 1 is 1.43 bits per heavy atom. The van der Waals surface area contributed by atoms with Gasteiger partial charge in [-0.25, -0.2) is 13.1 Å². The summed E-state index contributed by atoms with van der Waals surface area (Å²) in [4.78, 5) is 14.1. The van der Waals surface area contributed by atoms with Crippen LogP contribution in [0.3, 0.4) is 0 Å². The molecule has 1 atom stereocenters. The van der Waals surface area contributed by atoms with E-state index in [9.17, 15) is 13.2 Å². The number of sulfonamides is 1. The fraction of sp³-hybridized carbons (Fsp3) is 0.462. The molecule has 1 saturated heterocycles. The summed E-state index contributed by atoms with van der Waals surface area (Å²) < 4.78 is 26.4. The smallest absolute Gasteiger partial charge is 0.240 e. The van der Waals surface area contributed by atoms with Crippen LogP contribution in [0.5, 0.6) is 0 Å². The fourth-order valence-corrected chi connectivity index (χ4v) is 4.69. The zero-order valence-electron chi connectivity index (χ0n) is 11.8. The number of thioether (sulfide) groups is 1. The maximum Gasteiger partial charge on any atom is 0.240 e. The predicted molar refractivity (Wildman–Crippen MR) is 84.5 cm³/mol. The van der Waals surface area contributed by atoms with Crippen molar-refractivity contribution in [1.29, 1.82) is 0 Å². The summed E-state index contributed by atoms with van der Waals surface area (Å²) in [5.41, 5.74) is 6.44. The van der Waals surface area contributed by atoms with E-state index in [0.717, 1.165) is 4.90 Å². The molecule has 8 heteroatoms. The van der Waals surface area contributed by atoms with Gasteiger partial charge in [0.1, 0.15) is 6.04 Å². The first-order valence-electron chi connectivity index (χ1n) is 6.61. The highest BCUT2D eigenvalue weighted by Gasteiger charge is 2.32. The largest absolute Gasteiger partial charge is 0.398 e. The lowest BCUT2D eigenvalue weighted by molar-refractivity contribution is -0.127. The molecule has 6 nitrogen and oxygen atoms in total. The minimum atomic E-state index is -3.46. The number of nitrogens with one attached hydrogen (secondary N) is 1. The van der Waals surface area contributed by atoms with Gasteiger partial charge in [-0.2, -0.15) is 0 Å². The number of para-hydroxylation sites is 1. The van der Waals surface area contributed by atoms with Crippen LogP contribution in [-0.2, 0) is 14.8 Å². The average molecular weight is 329 g/mol. The molecular weight excluding hydrogens is 310 g/mol. The van der Waals surface area contributed by atoms with Crippen LogP contribution in [-0.4, -0.2) is 50.4 Å². The first-order valence-corrected chi connectivity index (χ1v) is 9.25. The van der Waals surface area contributed by atoms with Crippen LogP contribution < -0.4 is 10.5 Å². The second-order valence-corrected chi connectivity index (χ2v) is 7.93. The molecule has 1 aliphatic rings. The van der Waals surface area contributed by atoms with Crippen LogP contribution in [0.4, 0.5) is 5.69 Å². The highest BCUT2D eigenvalue weighted by molar-refractivity contribution is 8.00. The van der Waals surface area contributed by atoms with Gasteiger partial charge in [0.15, 0.2) is 0 Å². The summed E-state index contributed by atoms with van der Waals surface area (Å²) in [5, 5.41) is 0. The molecule has 0 spiro atoms. The Labute approximate surface area is 129 Å². The number of hydrogen-bond donors (Lipinski definition) is 2. The molecule has 1 fully saturated rings. The van der Waals surface area contributed by atoms with E-state index in [-0.39, 0.29) is 11.7 Å². The number of nitrogens with two attached hydrogens (primary N) is 1. The minimum absolute atomic E-state index is 0.0422. The SMILES string of the molecule is CN1CCC(NS(=O)(=O)CCSc2ccccc2N)C1=O. The lowest BCUT2D eigenvalue weighted by atomic mass is 10.3. The zero-order valence-corrected chi connectivity index (χ0v) is 13.4. The molecule has 1 aromatic rings. The molecule has 116 valence electrons. The van der Waals surface area contributed by atoms with Gasteiger partial charge < -0.3 is 10.6 Å². The first kappa shape index (κ1) is 16.1. The van der Waals surface area contributed by atoms with Crippen molar-refractivity contribution < 1.29 is 13.2 Å². The second-order valence-electron chi connectivity index (χ2n) is 4.92. The lowest BCUT2D eigenvalue weighted by Crippen LogP contribution is -2.41. The molecule has 1 unspecified atom stereocenters. The summed E-state index contributed by atoms with van der Waals surface area (Å²) in [7, 11) is -1.79. The molecule has 0 aliphatic carbocycles. The van der Waals surface area contributed by atoms with Crippen LogP contribution in [0.25, 0.3) is 0 Å². The van der Waals surface area contributed by atoms with E-state index in [1.165, 1.54) is 16.7 Å². The number of amides is 1. The zero-order chi connectivity index (χ0) is 15.5. The molecule has 0 bridgehead atoms. The fourth-order valence-electron chi connectivity index (χ4n) is 2.08. The van der Waals surface area contributed by atoms with Crippen LogP contribution in [0.2, 0.25) is 0 Å². The Bertz CT molecular complexity index is 619. The Hall–Kier alpha value is -1.25. The van der Waals surface area contributed by atoms with E-state index < -0.39 is 16.1 Å². The maximum absolute atomic E-state index is 12.0. The molecular formula is C13H19N3O3S2. The van der Waals surface area contributed by atoms with Crippen LogP contribution in [0, 0.1) is 0 Å². The van der Waals surface area contributed by atoms with Crippen LogP contribution >= 0.6 is 11.8 Å². The van der Waals surface area contributed by atoms with Gasteiger partial charge >= 0.3 is 0 Å². The van der Waals surface area contributed by atoms with E-state index in [2.05, 4.69) is 4.72 Å². The van der Waals surface area contributed by atoms with Gasteiger partial charge in [-0.1, -0.05) is 12.1 Å². The van der Waals surface area contributed by atoms with Gasteiger partial charge in [0.05, 0.1) is 5.75 Å². The van der Waals surface area contributed by atoms with Crippen LogP contribution in [0.15, 0.2) is 29.2 Å². The lowest BCUT2D eigenvalue weighted by Gasteiger charge is -2.12. The van der Waals surface area contributed by atoms with Crippen molar-refractivity contribution >= 4 is 33.4 Å². The molecule has 2 rings (SSSR count). The molecule has 0 saturated carbocycles. The third-order valence-electron chi connectivity index (χ3n) is 3.28. The molecule has 21 heavy (non-hydrogen) atoms. The van der Waals surface area contributed by atoms with Crippen molar-refractivity contribution in [3.05, 3.63) is 24.3 Å². The Balaban J connectivity index is 1.85. The van der Waals surface area contributed by atoms with Gasteiger partial charge in [-0.05, 0) is 18.6 Å². The third-order valence-corrected chi connectivity index (χ3v) is 6.01. The normalized spacial score (nSPS) is 19.2. The topological polar surface area (TPSA) is 92.5 Å². The molecule has 1 heterocycles. The van der Waals surface area contributed by atoms with E-state index in [1.54, 1.807) is 13.1 Å². The Kier molecular flexibility index (Phi) is 5.13.